The van der Waals surface area contributed by atoms with Gasteiger partial charge in [0.05, 0.1) is 12.2 Å². The molecule has 0 radical (unpaired) electrons. The van der Waals surface area contributed by atoms with Crippen molar-refractivity contribution in [1.82, 2.24) is 9.97 Å². The molecule has 0 aliphatic rings. The second-order valence-corrected chi connectivity index (χ2v) is 4.88. The van der Waals surface area contributed by atoms with E-state index in [2.05, 4.69) is 22.2 Å². The van der Waals surface area contributed by atoms with E-state index in [1.54, 1.807) is 0 Å². The van der Waals surface area contributed by atoms with Crippen LogP contribution in [0.4, 0.5) is 5.82 Å². The Kier molecular flexibility index (Phi) is 5.11. The molecule has 0 unspecified atom stereocenters. The summed E-state index contributed by atoms with van der Waals surface area (Å²) in [6.07, 6.45) is 1.03. The minimum Gasteiger partial charge on any atom is -0.439 e. The van der Waals surface area contributed by atoms with Gasteiger partial charge in [0.15, 0.2) is 0 Å². The van der Waals surface area contributed by atoms with Crippen molar-refractivity contribution in [2.75, 3.05) is 11.9 Å². The zero-order valence-corrected chi connectivity index (χ0v) is 12.7. The number of rotatable bonds is 6. The van der Waals surface area contributed by atoms with E-state index in [9.17, 15) is 0 Å². The molecule has 21 heavy (non-hydrogen) atoms. The third kappa shape index (κ3) is 3.92. The van der Waals surface area contributed by atoms with Gasteiger partial charge >= 0.3 is 0 Å². The van der Waals surface area contributed by atoms with E-state index >= 15 is 0 Å². The molecule has 0 saturated carbocycles. The Labute approximate surface area is 125 Å². The predicted molar refractivity (Wildman–Crippen MR) is 82.7 cm³/mol. The zero-order valence-electron chi connectivity index (χ0n) is 12.7. The molecular weight excluding hydrogens is 266 g/mol. The summed E-state index contributed by atoms with van der Waals surface area (Å²) in [5.41, 5.74) is 1.74. The highest BCUT2D eigenvalue weighted by atomic mass is 16.5. The van der Waals surface area contributed by atoms with Crippen LogP contribution in [0.5, 0.6) is 11.6 Å². The second kappa shape index (κ2) is 7.04. The number of nitrogens with zero attached hydrogens (tertiary/aromatic N) is 2. The van der Waals surface area contributed by atoms with Crippen molar-refractivity contribution in [1.29, 1.82) is 0 Å². The van der Waals surface area contributed by atoms with E-state index < -0.39 is 0 Å². The summed E-state index contributed by atoms with van der Waals surface area (Å²) in [6, 6.07) is 7.30. The number of hydrogen-bond acceptors (Lipinski definition) is 5. The summed E-state index contributed by atoms with van der Waals surface area (Å²) >= 11 is 0. The molecular formula is C16H21N3O2. The Morgan fingerprint density at radius 2 is 1.86 bits per heavy atom. The topological polar surface area (TPSA) is 67.3 Å². The average Bonchev–Trinajstić information content (AvgIpc) is 2.50. The molecule has 1 aromatic heterocycles. The van der Waals surface area contributed by atoms with Crippen LogP contribution in [0, 0.1) is 13.8 Å². The first-order valence-corrected chi connectivity index (χ1v) is 7.10. The van der Waals surface area contributed by atoms with Crippen molar-refractivity contribution in [3.8, 4) is 11.6 Å². The van der Waals surface area contributed by atoms with Gasteiger partial charge in [0, 0.05) is 6.54 Å². The molecule has 0 bridgehead atoms. The Balaban J connectivity index is 2.23. The second-order valence-electron chi connectivity index (χ2n) is 4.88. The van der Waals surface area contributed by atoms with Crippen LogP contribution >= 0.6 is 0 Å². The summed E-state index contributed by atoms with van der Waals surface area (Å²) in [5, 5.41) is 12.3. The first-order chi connectivity index (χ1) is 10.1. The van der Waals surface area contributed by atoms with Gasteiger partial charge in [-0.15, -0.1) is 0 Å². The van der Waals surface area contributed by atoms with Crippen LogP contribution in [0.2, 0.25) is 0 Å². The predicted octanol–water partition coefficient (Wildman–Crippen LogP) is 3.20. The average molecular weight is 287 g/mol. The lowest BCUT2D eigenvalue weighted by molar-refractivity contribution is 0.281. The first kappa shape index (κ1) is 15.3. The normalized spacial score (nSPS) is 10.5. The van der Waals surface area contributed by atoms with Gasteiger partial charge < -0.3 is 15.2 Å². The fourth-order valence-corrected chi connectivity index (χ4v) is 1.89. The highest BCUT2D eigenvalue weighted by Gasteiger charge is 2.11. The Morgan fingerprint density at radius 1 is 1.14 bits per heavy atom. The molecule has 1 aromatic carbocycles. The number of hydrogen-bond donors (Lipinski definition) is 2. The van der Waals surface area contributed by atoms with Gasteiger partial charge in [-0.1, -0.05) is 19.1 Å². The standard InChI is InChI=1S/C16H21N3O2/c1-4-9-17-15-11(2)16(19-12(3)18-15)21-14-7-5-13(10-20)6-8-14/h5-8,20H,4,9-10H2,1-3H3,(H,17,18,19). The first-order valence-electron chi connectivity index (χ1n) is 7.10. The van der Waals surface area contributed by atoms with Gasteiger partial charge in [-0.05, 0) is 38.0 Å². The van der Waals surface area contributed by atoms with Crippen LogP contribution in [-0.2, 0) is 6.61 Å². The maximum Gasteiger partial charge on any atom is 0.227 e. The van der Waals surface area contributed by atoms with Crippen molar-refractivity contribution in [3.05, 3.63) is 41.2 Å². The van der Waals surface area contributed by atoms with E-state index in [4.69, 9.17) is 9.84 Å². The van der Waals surface area contributed by atoms with Crippen LogP contribution in [0.1, 0.15) is 30.3 Å². The number of anilines is 1. The Hall–Kier alpha value is -2.14. The van der Waals surface area contributed by atoms with E-state index in [-0.39, 0.29) is 6.61 Å². The van der Waals surface area contributed by atoms with Crippen LogP contribution in [0.25, 0.3) is 0 Å². The summed E-state index contributed by atoms with van der Waals surface area (Å²) in [7, 11) is 0. The number of aliphatic hydroxyl groups excluding tert-OH is 1. The fourth-order valence-electron chi connectivity index (χ4n) is 1.89. The lowest BCUT2D eigenvalue weighted by Gasteiger charge is -2.13. The van der Waals surface area contributed by atoms with E-state index in [0.29, 0.717) is 17.5 Å². The monoisotopic (exact) mass is 287 g/mol. The van der Waals surface area contributed by atoms with E-state index in [1.165, 1.54) is 0 Å². The minimum absolute atomic E-state index is 0.0248. The summed E-state index contributed by atoms with van der Waals surface area (Å²) < 4.78 is 5.84. The molecule has 0 spiro atoms. The zero-order chi connectivity index (χ0) is 15.2. The molecule has 0 saturated heterocycles. The largest absolute Gasteiger partial charge is 0.439 e. The number of aromatic nitrogens is 2. The van der Waals surface area contributed by atoms with Crippen LogP contribution in [-0.4, -0.2) is 21.6 Å². The smallest absolute Gasteiger partial charge is 0.227 e. The lowest BCUT2D eigenvalue weighted by Crippen LogP contribution is -2.07. The summed E-state index contributed by atoms with van der Waals surface area (Å²) in [5.74, 6) is 2.72. The highest BCUT2D eigenvalue weighted by Crippen LogP contribution is 2.27. The van der Waals surface area contributed by atoms with Crippen molar-refractivity contribution in [2.45, 2.75) is 33.8 Å². The Bertz CT molecular complexity index is 597. The van der Waals surface area contributed by atoms with Crippen LogP contribution in [0.3, 0.4) is 0 Å². The maximum atomic E-state index is 9.05. The van der Waals surface area contributed by atoms with Gasteiger partial charge in [-0.3, -0.25) is 0 Å². The van der Waals surface area contributed by atoms with Crippen molar-refractivity contribution in [3.63, 3.8) is 0 Å². The molecule has 2 rings (SSSR count). The van der Waals surface area contributed by atoms with E-state index in [0.717, 1.165) is 29.9 Å². The molecule has 0 aliphatic carbocycles. The third-order valence-corrected chi connectivity index (χ3v) is 3.08. The quantitative estimate of drug-likeness (QED) is 0.854. The molecule has 1 heterocycles. The summed E-state index contributed by atoms with van der Waals surface area (Å²) in [6.45, 7) is 6.78. The molecule has 112 valence electrons. The lowest BCUT2D eigenvalue weighted by atomic mass is 10.2. The number of aliphatic hydroxyl groups is 1. The van der Waals surface area contributed by atoms with Gasteiger partial charge in [-0.2, -0.15) is 4.98 Å². The molecule has 2 N–H and O–H groups in total. The fraction of sp³-hybridized carbons (Fsp3) is 0.375. The van der Waals surface area contributed by atoms with Crippen molar-refractivity contribution in [2.24, 2.45) is 0 Å². The maximum absolute atomic E-state index is 9.05. The number of aryl methyl sites for hydroxylation is 1. The molecule has 5 heteroatoms. The van der Waals surface area contributed by atoms with Gasteiger partial charge in [-0.25, -0.2) is 4.98 Å². The van der Waals surface area contributed by atoms with Crippen LogP contribution in [0.15, 0.2) is 24.3 Å². The van der Waals surface area contributed by atoms with Crippen molar-refractivity contribution >= 4 is 5.82 Å². The molecule has 0 amide bonds. The SMILES string of the molecule is CCCNc1nc(C)nc(Oc2ccc(CO)cc2)c1C. The number of nitrogens with one attached hydrogen (secondary N) is 1. The Morgan fingerprint density at radius 3 is 2.48 bits per heavy atom. The third-order valence-electron chi connectivity index (χ3n) is 3.08. The van der Waals surface area contributed by atoms with Gasteiger partial charge in [0.25, 0.3) is 0 Å². The molecule has 2 aromatic rings. The molecule has 5 nitrogen and oxygen atoms in total. The van der Waals surface area contributed by atoms with E-state index in [1.807, 2.05) is 38.1 Å². The molecule has 0 aliphatic heterocycles. The van der Waals surface area contributed by atoms with Crippen LogP contribution < -0.4 is 10.1 Å². The minimum atomic E-state index is 0.0248. The highest BCUT2D eigenvalue weighted by molar-refractivity contribution is 5.49. The molecule has 0 fully saturated rings. The number of ether oxygens (including phenoxy) is 1. The van der Waals surface area contributed by atoms with Crippen molar-refractivity contribution < 1.29 is 9.84 Å². The number of benzene rings is 1. The van der Waals surface area contributed by atoms with Gasteiger partial charge in [0.2, 0.25) is 5.88 Å². The molecule has 0 atom stereocenters. The van der Waals surface area contributed by atoms with Gasteiger partial charge in [0.1, 0.15) is 17.4 Å². The summed E-state index contributed by atoms with van der Waals surface area (Å²) in [4.78, 5) is 8.76.